The Labute approximate surface area is 144 Å². The maximum absolute atomic E-state index is 12.2. The Morgan fingerprint density at radius 3 is 2.46 bits per heavy atom. The van der Waals surface area contributed by atoms with E-state index in [4.69, 9.17) is 0 Å². The first kappa shape index (κ1) is 18.5. The van der Waals surface area contributed by atoms with Crippen molar-refractivity contribution >= 4 is 16.1 Å². The highest BCUT2D eigenvalue weighted by Crippen LogP contribution is 2.41. The lowest BCUT2D eigenvalue weighted by molar-refractivity contribution is 0.226. The van der Waals surface area contributed by atoms with Gasteiger partial charge in [0.1, 0.15) is 0 Å². The molecule has 1 saturated carbocycles. The van der Waals surface area contributed by atoms with Crippen LogP contribution >= 0.6 is 0 Å². The first-order valence-corrected chi connectivity index (χ1v) is 9.83. The third-order valence-corrected chi connectivity index (χ3v) is 6.07. The van der Waals surface area contributed by atoms with Gasteiger partial charge in [-0.25, -0.2) is 17.9 Å². The number of allylic oxidation sites excluding steroid dienone is 1. The molecule has 0 atom stereocenters. The molecular weight excluding hydrogens is 324 g/mol. The van der Waals surface area contributed by atoms with Gasteiger partial charge in [-0.2, -0.15) is 0 Å². The number of sulfonamides is 1. The van der Waals surface area contributed by atoms with E-state index in [0.29, 0.717) is 6.54 Å². The summed E-state index contributed by atoms with van der Waals surface area (Å²) in [6.45, 7) is 6.13. The van der Waals surface area contributed by atoms with Crippen molar-refractivity contribution < 1.29 is 13.2 Å². The molecule has 0 aliphatic heterocycles. The average molecular weight is 350 g/mol. The third kappa shape index (κ3) is 4.84. The second-order valence-electron chi connectivity index (χ2n) is 6.64. The number of hydrogen-bond donors (Lipinski definition) is 2. The van der Waals surface area contributed by atoms with Crippen molar-refractivity contribution in [2.45, 2.75) is 50.3 Å². The van der Waals surface area contributed by atoms with Crippen LogP contribution in [0.25, 0.3) is 0 Å². The summed E-state index contributed by atoms with van der Waals surface area (Å²) < 4.78 is 26.5. The van der Waals surface area contributed by atoms with Gasteiger partial charge < -0.3 is 5.32 Å². The largest absolute Gasteiger partial charge is 0.337 e. The zero-order valence-electron chi connectivity index (χ0n) is 14.2. The molecule has 2 N–H and O–H groups in total. The fourth-order valence-electron chi connectivity index (χ4n) is 3.25. The van der Waals surface area contributed by atoms with Crippen LogP contribution in [0.15, 0.2) is 41.8 Å². The van der Waals surface area contributed by atoms with Crippen LogP contribution in [0, 0.1) is 12.3 Å². The second-order valence-corrected chi connectivity index (χ2v) is 8.32. The molecule has 0 heterocycles. The van der Waals surface area contributed by atoms with Crippen LogP contribution in [0.1, 0.15) is 44.1 Å². The Hall–Kier alpha value is -1.82. The third-order valence-electron chi connectivity index (χ3n) is 4.73. The molecule has 0 radical (unpaired) electrons. The molecule has 0 aromatic heterocycles. The van der Waals surface area contributed by atoms with E-state index >= 15 is 0 Å². The van der Waals surface area contributed by atoms with Crippen LogP contribution in [0.5, 0.6) is 0 Å². The molecule has 0 bridgehead atoms. The highest BCUT2D eigenvalue weighted by atomic mass is 32.2. The number of nitrogens with one attached hydrogen (secondary N) is 2. The highest BCUT2D eigenvalue weighted by molar-refractivity contribution is 7.90. The molecule has 0 saturated heterocycles. The van der Waals surface area contributed by atoms with Crippen molar-refractivity contribution in [2.24, 2.45) is 5.41 Å². The van der Waals surface area contributed by atoms with E-state index in [1.54, 1.807) is 12.1 Å². The molecule has 1 aliphatic rings. The van der Waals surface area contributed by atoms with Gasteiger partial charge in [0.25, 0.3) is 10.0 Å². The fourth-order valence-corrected chi connectivity index (χ4v) is 4.18. The summed E-state index contributed by atoms with van der Waals surface area (Å²) in [5, 5.41) is 2.75. The molecular formula is C18H26N2O3S. The van der Waals surface area contributed by atoms with E-state index in [0.717, 1.165) is 44.1 Å². The van der Waals surface area contributed by atoms with Crippen LogP contribution in [-0.2, 0) is 10.0 Å². The zero-order chi connectivity index (χ0) is 17.6. The summed E-state index contributed by atoms with van der Waals surface area (Å²) in [6, 6.07) is 5.73. The summed E-state index contributed by atoms with van der Waals surface area (Å²) in [6.07, 6.45) is 8.20. The normalized spacial score (nSPS) is 16.5. The molecule has 24 heavy (non-hydrogen) atoms. The van der Waals surface area contributed by atoms with E-state index in [1.165, 1.54) is 12.1 Å². The zero-order valence-corrected chi connectivity index (χ0v) is 15.0. The summed E-state index contributed by atoms with van der Waals surface area (Å²) in [7, 11) is -3.84. The molecule has 1 aromatic rings. The Morgan fingerprint density at radius 2 is 1.88 bits per heavy atom. The molecule has 2 rings (SSSR count). The van der Waals surface area contributed by atoms with Gasteiger partial charge in [-0.15, -0.1) is 6.58 Å². The first-order chi connectivity index (χ1) is 11.4. The van der Waals surface area contributed by atoms with Crippen molar-refractivity contribution in [3.05, 3.63) is 42.5 Å². The number of hydrogen-bond acceptors (Lipinski definition) is 3. The van der Waals surface area contributed by atoms with Gasteiger partial charge in [0, 0.05) is 6.54 Å². The van der Waals surface area contributed by atoms with E-state index in [9.17, 15) is 13.2 Å². The molecule has 1 fully saturated rings. The van der Waals surface area contributed by atoms with Gasteiger partial charge in [-0.3, -0.25) is 0 Å². The number of amides is 2. The maximum atomic E-state index is 12.2. The molecule has 1 aliphatic carbocycles. The van der Waals surface area contributed by atoms with Crippen LogP contribution in [-0.4, -0.2) is 21.0 Å². The Morgan fingerprint density at radius 1 is 1.25 bits per heavy atom. The fraction of sp³-hybridized carbons (Fsp3) is 0.500. The molecule has 0 unspecified atom stereocenters. The maximum Gasteiger partial charge on any atom is 0.328 e. The van der Waals surface area contributed by atoms with Crippen molar-refractivity contribution in [1.29, 1.82) is 0 Å². The number of rotatable bonds is 7. The Kier molecular flexibility index (Phi) is 6.04. The van der Waals surface area contributed by atoms with Crippen LogP contribution in [0.2, 0.25) is 0 Å². The number of carbonyl (C=O) groups excluding carboxylic acids is 1. The standard InChI is InChI=1S/C18H26N2O3S/c1-3-4-11-18(12-5-6-13-18)14-19-17(21)20-24(22,23)16-9-7-15(2)8-10-16/h3,7-10H,1,4-6,11-14H2,2H3,(H2,19,20,21). The number of carbonyl (C=O) groups is 1. The molecule has 132 valence electrons. The number of urea groups is 1. The minimum Gasteiger partial charge on any atom is -0.337 e. The van der Waals surface area contributed by atoms with Crippen LogP contribution < -0.4 is 10.0 Å². The van der Waals surface area contributed by atoms with E-state index < -0.39 is 16.1 Å². The monoisotopic (exact) mass is 350 g/mol. The van der Waals surface area contributed by atoms with Crippen LogP contribution in [0.4, 0.5) is 4.79 Å². The molecule has 6 heteroatoms. The smallest absolute Gasteiger partial charge is 0.328 e. The van der Waals surface area contributed by atoms with Gasteiger partial charge in [-0.05, 0) is 50.2 Å². The van der Waals surface area contributed by atoms with Crippen molar-refractivity contribution in [3.8, 4) is 0 Å². The topological polar surface area (TPSA) is 75.3 Å². The SMILES string of the molecule is C=CCCC1(CNC(=O)NS(=O)(=O)c2ccc(C)cc2)CCCC1. The van der Waals surface area contributed by atoms with Gasteiger partial charge in [0.2, 0.25) is 0 Å². The van der Waals surface area contributed by atoms with Gasteiger partial charge >= 0.3 is 6.03 Å². The van der Waals surface area contributed by atoms with E-state index in [2.05, 4.69) is 16.6 Å². The van der Waals surface area contributed by atoms with Crippen molar-refractivity contribution in [2.75, 3.05) is 6.54 Å². The highest BCUT2D eigenvalue weighted by Gasteiger charge is 2.33. The van der Waals surface area contributed by atoms with E-state index in [1.807, 2.05) is 13.0 Å². The Bertz CT molecular complexity index is 675. The van der Waals surface area contributed by atoms with Gasteiger partial charge in [0.15, 0.2) is 0 Å². The molecule has 1 aromatic carbocycles. The predicted molar refractivity (Wildman–Crippen MR) is 95.2 cm³/mol. The van der Waals surface area contributed by atoms with Crippen LogP contribution in [0.3, 0.4) is 0 Å². The van der Waals surface area contributed by atoms with Gasteiger partial charge in [-0.1, -0.05) is 36.6 Å². The Balaban J connectivity index is 1.94. The summed E-state index contributed by atoms with van der Waals surface area (Å²) in [5.74, 6) is 0. The minimum absolute atomic E-state index is 0.0686. The second kappa shape index (κ2) is 7.83. The van der Waals surface area contributed by atoms with E-state index in [-0.39, 0.29) is 10.3 Å². The van der Waals surface area contributed by atoms with Crippen molar-refractivity contribution in [3.63, 3.8) is 0 Å². The molecule has 5 nitrogen and oxygen atoms in total. The lowest BCUT2D eigenvalue weighted by Gasteiger charge is -2.28. The first-order valence-electron chi connectivity index (χ1n) is 8.35. The number of aryl methyl sites for hydroxylation is 1. The predicted octanol–water partition coefficient (Wildman–Crippen LogP) is 3.51. The molecule has 0 spiro atoms. The molecule has 2 amide bonds. The summed E-state index contributed by atoms with van der Waals surface area (Å²) in [5.41, 5.74) is 1.03. The summed E-state index contributed by atoms with van der Waals surface area (Å²) >= 11 is 0. The lowest BCUT2D eigenvalue weighted by Crippen LogP contribution is -2.44. The van der Waals surface area contributed by atoms with Gasteiger partial charge in [0.05, 0.1) is 4.90 Å². The minimum atomic E-state index is -3.84. The summed E-state index contributed by atoms with van der Waals surface area (Å²) in [4.78, 5) is 12.1. The average Bonchev–Trinajstić information content (AvgIpc) is 3.00. The lowest BCUT2D eigenvalue weighted by atomic mass is 9.81. The van der Waals surface area contributed by atoms with Crippen molar-refractivity contribution in [1.82, 2.24) is 10.0 Å². The number of benzene rings is 1. The quantitative estimate of drug-likeness (QED) is 0.739.